The zero-order valence-electron chi connectivity index (χ0n) is 9.20. The van der Waals surface area contributed by atoms with Crippen molar-refractivity contribution >= 4 is 39.2 Å². The van der Waals surface area contributed by atoms with Gasteiger partial charge >= 0.3 is 0 Å². The molecule has 0 atom stereocenters. The fourth-order valence-corrected chi connectivity index (χ4v) is 2.43. The molecule has 0 spiro atoms. The molecule has 1 aromatic rings. The summed E-state index contributed by atoms with van der Waals surface area (Å²) in [6.45, 7) is 0.817. The molecule has 0 aliphatic carbocycles. The Balaban J connectivity index is 2.68. The van der Waals surface area contributed by atoms with Gasteiger partial charge in [-0.3, -0.25) is 4.79 Å². The van der Waals surface area contributed by atoms with E-state index in [1.807, 2.05) is 17.5 Å². The van der Waals surface area contributed by atoms with Crippen LogP contribution in [0.4, 0.5) is 0 Å². The number of nitriles is 1. The SMILES string of the molecule is COCCNC(=O)/C(C#N)=C/c1cc(Br)cs1. The van der Waals surface area contributed by atoms with Crippen LogP contribution in [0.3, 0.4) is 0 Å². The molecule has 1 N–H and O–H groups in total. The lowest BCUT2D eigenvalue weighted by atomic mass is 10.2. The van der Waals surface area contributed by atoms with E-state index in [-0.39, 0.29) is 11.5 Å². The van der Waals surface area contributed by atoms with Gasteiger partial charge in [0, 0.05) is 28.4 Å². The van der Waals surface area contributed by atoms with Gasteiger partial charge in [0.15, 0.2) is 0 Å². The van der Waals surface area contributed by atoms with Gasteiger partial charge in [0.1, 0.15) is 11.6 Å². The van der Waals surface area contributed by atoms with Crippen molar-refractivity contribution in [3.05, 3.63) is 26.4 Å². The van der Waals surface area contributed by atoms with E-state index in [2.05, 4.69) is 21.2 Å². The van der Waals surface area contributed by atoms with Gasteiger partial charge in [0.2, 0.25) is 0 Å². The number of ether oxygens (including phenoxy) is 1. The molecule has 1 aromatic heterocycles. The van der Waals surface area contributed by atoms with E-state index in [0.717, 1.165) is 9.35 Å². The maximum absolute atomic E-state index is 11.6. The molecule has 4 nitrogen and oxygen atoms in total. The molecule has 1 amide bonds. The average molecular weight is 315 g/mol. The van der Waals surface area contributed by atoms with Crippen molar-refractivity contribution < 1.29 is 9.53 Å². The Labute approximate surface area is 112 Å². The van der Waals surface area contributed by atoms with Crippen molar-refractivity contribution in [2.75, 3.05) is 20.3 Å². The first kappa shape index (κ1) is 13.9. The van der Waals surface area contributed by atoms with Gasteiger partial charge in [0.05, 0.1) is 6.61 Å². The number of carbonyl (C=O) groups excluding carboxylic acids is 1. The number of hydrogen-bond donors (Lipinski definition) is 1. The molecule has 0 bridgehead atoms. The van der Waals surface area contributed by atoms with Crippen LogP contribution >= 0.6 is 27.3 Å². The van der Waals surface area contributed by atoms with Crippen molar-refractivity contribution in [2.45, 2.75) is 0 Å². The quantitative estimate of drug-likeness (QED) is 0.515. The first-order chi connectivity index (χ1) is 8.17. The van der Waals surface area contributed by atoms with Crippen molar-refractivity contribution in [3.63, 3.8) is 0 Å². The number of rotatable bonds is 5. The maximum atomic E-state index is 11.6. The molecule has 1 rings (SSSR count). The predicted molar refractivity (Wildman–Crippen MR) is 70.5 cm³/mol. The molecular weight excluding hydrogens is 304 g/mol. The van der Waals surface area contributed by atoms with E-state index in [0.29, 0.717) is 13.2 Å². The second-order valence-corrected chi connectivity index (χ2v) is 4.94. The van der Waals surface area contributed by atoms with Gasteiger partial charge in [-0.25, -0.2) is 0 Å². The second-order valence-electron chi connectivity index (χ2n) is 3.09. The number of halogens is 1. The van der Waals surface area contributed by atoms with Crippen LogP contribution in [0, 0.1) is 11.3 Å². The Kier molecular flexibility index (Phi) is 5.91. The molecule has 0 radical (unpaired) electrons. The Morgan fingerprint density at radius 1 is 1.76 bits per heavy atom. The molecule has 6 heteroatoms. The summed E-state index contributed by atoms with van der Waals surface area (Å²) in [5.41, 5.74) is 0.0930. The molecule has 0 aromatic carbocycles. The van der Waals surface area contributed by atoms with E-state index in [4.69, 9.17) is 10.00 Å². The second kappa shape index (κ2) is 7.22. The van der Waals surface area contributed by atoms with Gasteiger partial charge in [-0.15, -0.1) is 11.3 Å². The predicted octanol–water partition coefficient (Wildman–Crippen LogP) is 2.18. The van der Waals surface area contributed by atoms with Crippen molar-refractivity contribution in [1.29, 1.82) is 5.26 Å². The van der Waals surface area contributed by atoms with Crippen LogP contribution in [0.5, 0.6) is 0 Å². The fourth-order valence-electron chi connectivity index (χ4n) is 1.06. The summed E-state index contributed by atoms with van der Waals surface area (Å²) in [5.74, 6) is -0.380. The van der Waals surface area contributed by atoms with Crippen LogP contribution in [-0.4, -0.2) is 26.2 Å². The normalized spacial score (nSPS) is 11.0. The monoisotopic (exact) mass is 314 g/mol. The topological polar surface area (TPSA) is 62.1 Å². The lowest BCUT2D eigenvalue weighted by Gasteiger charge is -2.02. The zero-order valence-corrected chi connectivity index (χ0v) is 11.6. The number of methoxy groups -OCH3 is 1. The molecular formula is C11H11BrN2O2S. The van der Waals surface area contributed by atoms with E-state index in [9.17, 15) is 4.79 Å². The molecule has 0 aliphatic heterocycles. The van der Waals surface area contributed by atoms with Gasteiger partial charge in [-0.05, 0) is 28.1 Å². The van der Waals surface area contributed by atoms with Crippen molar-refractivity contribution in [2.24, 2.45) is 0 Å². The lowest BCUT2D eigenvalue weighted by Crippen LogP contribution is -2.27. The summed E-state index contributed by atoms with van der Waals surface area (Å²) in [7, 11) is 1.55. The lowest BCUT2D eigenvalue weighted by molar-refractivity contribution is -0.117. The highest BCUT2D eigenvalue weighted by molar-refractivity contribution is 9.10. The molecule has 0 saturated carbocycles. The minimum absolute atomic E-state index is 0.0930. The molecule has 17 heavy (non-hydrogen) atoms. The highest BCUT2D eigenvalue weighted by Gasteiger charge is 2.08. The molecule has 0 saturated heterocycles. The van der Waals surface area contributed by atoms with E-state index in [1.165, 1.54) is 11.3 Å². The molecule has 0 fully saturated rings. The smallest absolute Gasteiger partial charge is 0.262 e. The Morgan fingerprint density at radius 3 is 3.06 bits per heavy atom. The van der Waals surface area contributed by atoms with Gasteiger partial charge in [0.25, 0.3) is 5.91 Å². The minimum atomic E-state index is -0.380. The van der Waals surface area contributed by atoms with E-state index < -0.39 is 0 Å². The minimum Gasteiger partial charge on any atom is -0.383 e. The van der Waals surface area contributed by atoms with Crippen LogP contribution in [0.1, 0.15) is 4.88 Å². The van der Waals surface area contributed by atoms with Crippen LogP contribution < -0.4 is 5.32 Å². The number of amides is 1. The first-order valence-electron chi connectivity index (χ1n) is 4.80. The standard InChI is InChI=1S/C11H11BrN2O2S/c1-16-3-2-14-11(15)8(6-13)4-10-5-9(12)7-17-10/h4-5,7H,2-3H2,1H3,(H,14,15)/b8-4+. The highest BCUT2D eigenvalue weighted by Crippen LogP contribution is 2.21. The van der Waals surface area contributed by atoms with Gasteiger partial charge < -0.3 is 10.1 Å². The van der Waals surface area contributed by atoms with Gasteiger partial charge in [-0.2, -0.15) is 5.26 Å². The molecule has 0 aliphatic rings. The van der Waals surface area contributed by atoms with Crippen LogP contribution in [0.2, 0.25) is 0 Å². The van der Waals surface area contributed by atoms with E-state index in [1.54, 1.807) is 13.2 Å². The van der Waals surface area contributed by atoms with Crippen molar-refractivity contribution in [3.8, 4) is 6.07 Å². The molecule has 90 valence electrons. The Morgan fingerprint density at radius 2 is 2.53 bits per heavy atom. The summed E-state index contributed by atoms with van der Waals surface area (Å²) in [6.07, 6.45) is 1.57. The average Bonchev–Trinajstić information content (AvgIpc) is 2.72. The van der Waals surface area contributed by atoms with Crippen LogP contribution in [-0.2, 0) is 9.53 Å². The highest BCUT2D eigenvalue weighted by atomic mass is 79.9. The Hall–Kier alpha value is -1.16. The number of carbonyl (C=O) groups is 1. The molecule has 0 unspecified atom stereocenters. The van der Waals surface area contributed by atoms with Crippen LogP contribution in [0.25, 0.3) is 6.08 Å². The number of nitrogens with one attached hydrogen (secondary N) is 1. The third-order valence-corrected chi connectivity index (χ3v) is 3.47. The largest absolute Gasteiger partial charge is 0.383 e. The fraction of sp³-hybridized carbons (Fsp3) is 0.273. The third-order valence-electron chi connectivity index (χ3n) is 1.83. The van der Waals surface area contributed by atoms with Gasteiger partial charge in [-0.1, -0.05) is 0 Å². The first-order valence-corrected chi connectivity index (χ1v) is 6.47. The van der Waals surface area contributed by atoms with Crippen molar-refractivity contribution in [1.82, 2.24) is 5.32 Å². The summed E-state index contributed by atoms with van der Waals surface area (Å²) in [4.78, 5) is 12.5. The summed E-state index contributed by atoms with van der Waals surface area (Å²) >= 11 is 4.77. The zero-order chi connectivity index (χ0) is 12.7. The molecule has 1 heterocycles. The Bertz CT molecular complexity index is 462. The number of nitrogens with zero attached hydrogens (tertiary/aromatic N) is 1. The third kappa shape index (κ3) is 4.69. The summed E-state index contributed by atoms with van der Waals surface area (Å²) in [5, 5.41) is 13.4. The summed E-state index contributed by atoms with van der Waals surface area (Å²) < 4.78 is 5.74. The number of thiophene rings is 1. The van der Waals surface area contributed by atoms with Crippen LogP contribution in [0.15, 0.2) is 21.5 Å². The summed E-state index contributed by atoms with van der Waals surface area (Å²) in [6, 6.07) is 3.74. The van der Waals surface area contributed by atoms with E-state index >= 15 is 0 Å². The maximum Gasteiger partial charge on any atom is 0.262 e. The number of hydrogen-bond acceptors (Lipinski definition) is 4.